The van der Waals surface area contributed by atoms with Gasteiger partial charge in [-0.25, -0.2) is 15.0 Å². The maximum absolute atomic E-state index is 13.4. The SMILES string of the molecule is CCN(CC)CCCl.CCN(CC)CCOc1c(O)cccc1/C=C/c1nc2ccccc2c(=O)n1-c1ccccc1.Cc1nc2ccccc2c(=O)n1-c1ccccc1.O=Cc1cccc(O)c1O.O=c1c2ccccc2nc(/C=C/c2cccc(O)c2O)n1-c1ccccc1. The molecule has 496 valence electrons. The van der Waals surface area contributed by atoms with E-state index in [1.54, 1.807) is 75.9 Å². The predicted molar refractivity (Wildman–Crippen MR) is 389 cm³/mol. The van der Waals surface area contributed by atoms with Crippen LogP contribution in [0.3, 0.4) is 0 Å². The normalized spacial score (nSPS) is 11.0. The third-order valence-corrected chi connectivity index (χ3v) is 15.7. The van der Waals surface area contributed by atoms with E-state index in [2.05, 4.69) is 47.5 Å². The van der Waals surface area contributed by atoms with Crippen LogP contribution in [0.1, 0.15) is 66.7 Å². The number of aryl methyl sites for hydroxylation is 1. The first-order valence-corrected chi connectivity index (χ1v) is 32.1. The maximum Gasteiger partial charge on any atom is 0.266 e. The van der Waals surface area contributed by atoms with Gasteiger partial charge < -0.3 is 40.1 Å². The molecular formula is C78H77ClN8O10. The number of aromatic hydroxyl groups is 5. The van der Waals surface area contributed by atoms with Crippen LogP contribution in [0.2, 0.25) is 0 Å². The van der Waals surface area contributed by atoms with Crippen molar-refractivity contribution >= 4 is 74.9 Å². The zero-order valence-electron chi connectivity index (χ0n) is 54.6. The van der Waals surface area contributed by atoms with Gasteiger partial charge in [-0.2, -0.15) is 0 Å². The molecule has 3 aromatic heterocycles. The molecule has 0 spiro atoms. The number of phenols is 5. The molecule has 0 aliphatic rings. The molecule has 0 unspecified atom stereocenters. The van der Waals surface area contributed by atoms with E-state index in [0.717, 1.165) is 62.0 Å². The molecule has 9 aromatic carbocycles. The lowest BCUT2D eigenvalue weighted by Gasteiger charge is -2.19. The van der Waals surface area contributed by atoms with Crippen molar-refractivity contribution in [2.45, 2.75) is 34.6 Å². The van der Waals surface area contributed by atoms with Crippen LogP contribution in [0.5, 0.6) is 34.5 Å². The number of carbonyl (C=O) groups is 1. The van der Waals surface area contributed by atoms with Gasteiger partial charge in [-0.15, -0.1) is 11.6 Å². The summed E-state index contributed by atoms with van der Waals surface area (Å²) in [5.41, 5.74) is 5.14. The molecule has 0 aliphatic heterocycles. The fourth-order valence-corrected chi connectivity index (χ4v) is 10.5. The minimum absolute atomic E-state index is 0.0238. The van der Waals surface area contributed by atoms with E-state index in [0.29, 0.717) is 80.1 Å². The highest BCUT2D eigenvalue weighted by molar-refractivity contribution is 6.18. The van der Waals surface area contributed by atoms with Crippen LogP contribution in [0.15, 0.2) is 233 Å². The van der Waals surface area contributed by atoms with Crippen LogP contribution in [-0.2, 0) is 0 Å². The lowest BCUT2D eigenvalue weighted by Crippen LogP contribution is -2.28. The second kappa shape index (κ2) is 35.7. The Morgan fingerprint density at radius 1 is 0.412 bits per heavy atom. The van der Waals surface area contributed by atoms with Crippen molar-refractivity contribution in [1.82, 2.24) is 38.5 Å². The molecule has 0 bridgehead atoms. The number of hydrogen-bond acceptors (Lipinski definition) is 15. The molecule has 0 aliphatic carbocycles. The Morgan fingerprint density at radius 3 is 1.20 bits per heavy atom. The predicted octanol–water partition coefficient (Wildman–Crippen LogP) is 14.1. The van der Waals surface area contributed by atoms with Gasteiger partial charge in [0.1, 0.15) is 24.1 Å². The van der Waals surface area contributed by atoms with Crippen LogP contribution < -0.4 is 21.4 Å². The van der Waals surface area contributed by atoms with Crippen molar-refractivity contribution in [1.29, 1.82) is 0 Å². The maximum atomic E-state index is 13.4. The van der Waals surface area contributed by atoms with Gasteiger partial charge in [0.05, 0.1) is 55.3 Å². The number of phenolic OH excluding ortho intramolecular Hbond substituents is 5. The van der Waals surface area contributed by atoms with Crippen LogP contribution in [0, 0.1) is 6.92 Å². The molecule has 0 radical (unpaired) electrons. The van der Waals surface area contributed by atoms with E-state index in [1.807, 2.05) is 159 Å². The number of carbonyl (C=O) groups excluding carboxylic acids is 1. The lowest BCUT2D eigenvalue weighted by atomic mass is 10.1. The summed E-state index contributed by atoms with van der Waals surface area (Å²) in [6, 6.07) is 64.3. The minimum Gasteiger partial charge on any atom is -0.504 e. The summed E-state index contributed by atoms with van der Waals surface area (Å²) in [5.74, 6) is 1.80. The summed E-state index contributed by atoms with van der Waals surface area (Å²) < 4.78 is 10.7. The zero-order valence-corrected chi connectivity index (χ0v) is 55.3. The van der Waals surface area contributed by atoms with E-state index in [9.17, 15) is 34.5 Å². The number of likely N-dealkylation sites (N-methyl/N-ethyl adjacent to an activating group) is 1. The van der Waals surface area contributed by atoms with E-state index < -0.39 is 0 Å². The van der Waals surface area contributed by atoms with Gasteiger partial charge in [-0.3, -0.25) is 32.9 Å². The molecule has 0 amide bonds. The Hall–Kier alpha value is -11.4. The van der Waals surface area contributed by atoms with Crippen molar-refractivity contribution in [2.75, 3.05) is 51.8 Å². The minimum atomic E-state index is -0.363. The van der Waals surface area contributed by atoms with Gasteiger partial charge in [-0.1, -0.05) is 149 Å². The zero-order chi connectivity index (χ0) is 69.2. The number of aldehydes is 1. The molecule has 19 heteroatoms. The summed E-state index contributed by atoms with van der Waals surface area (Å²) in [6.07, 6.45) is 7.35. The number of alkyl halides is 1. The first kappa shape index (κ1) is 71.4. The number of benzene rings is 9. The number of para-hydroxylation sites is 9. The molecule has 0 fully saturated rings. The summed E-state index contributed by atoms with van der Waals surface area (Å²) in [5, 5.41) is 49.6. The average Bonchev–Trinajstić information content (AvgIpc) is 0.816. The molecule has 12 aromatic rings. The number of hydrogen-bond donors (Lipinski definition) is 5. The molecule has 97 heavy (non-hydrogen) atoms. The smallest absolute Gasteiger partial charge is 0.266 e. The van der Waals surface area contributed by atoms with Crippen molar-refractivity contribution < 1.29 is 35.1 Å². The molecule has 5 N–H and O–H groups in total. The number of fused-ring (bicyclic) bond motifs is 3. The summed E-state index contributed by atoms with van der Waals surface area (Å²) >= 11 is 5.51. The average molecular weight is 1320 g/mol. The highest BCUT2D eigenvalue weighted by Gasteiger charge is 2.15. The van der Waals surface area contributed by atoms with Gasteiger partial charge in [0.15, 0.2) is 40.8 Å². The van der Waals surface area contributed by atoms with E-state index in [4.69, 9.17) is 31.5 Å². The fourth-order valence-electron chi connectivity index (χ4n) is 10.3. The first-order chi connectivity index (χ1) is 47.1. The Morgan fingerprint density at radius 2 is 0.773 bits per heavy atom. The quantitative estimate of drug-likeness (QED) is 0.0305. The van der Waals surface area contributed by atoms with E-state index >= 15 is 0 Å². The number of nitrogens with zero attached hydrogens (tertiary/aromatic N) is 8. The van der Waals surface area contributed by atoms with Crippen LogP contribution >= 0.6 is 11.6 Å². The van der Waals surface area contributed by atoms with Gasteiger partial charge in [0, 0.05) is 30.1 Å². The van der Waals surface area contributed by atoms with E-state index in [1.165, 1.54) is 28.8 Å². The second-order valence-electron chi connectivity index (χ2n) is 21.6. The lowest BCUT2D eigenvalue weighted by molar-refractivity contribution is 0.112. The molecule has 0 atom stereocenters. The first-order valence-electron chi connectivity index (χ1n) is 31.6. The molecule has 0 saturated carbocycles. The standard InChI is InChI=1S/C28H29N3O3.C22H16N2O3.C15H12N2O.C7H6O3.C6H14ClN/c1-3-30(4-2)19-20-34-27-21(11-10-16-25(27)32)17-18-26-29-24-15-9-8-14-23(24)28(33)31(26)22-12-6-5-7-13-22;25-19-12-6-7-15(21(19)26)13-14-20-23-18-11-5-4-10-17(18)22(27)24(20)16-8-2-1-3-9-16;1-11-16-14-10-6-5-9-13(14)15(18)17(11)12-7-3-2-4-8-12;8-4-5-2-1-3-6(9)7(5)10;1-3-8(4-2)6-5-7/h5-18,32H,3-4,19-20H2,1-2H3;1-14,25-26H;2-10H,1H3;1-4,9-10H;3-6H2,1-2H3/b18-17+;14-13+;;;. The number of halogens is 1. The topological polar surface area (TPSA) is 239 Å². The van der Waals surface area contributed by atoms with Crippen molar-refractivity contribution in [3.63, 3.8) is 0 Å². The monoisotopic (exact) mass is 1320 g/mol. The van der Waals surface area contributed by atoms with Gasteiger partial charge in [0.2, 0.25) is 0 Å². The molecule has 12 rings (SSSR count). The fraction of sp³-hybridized carbons (Fsp3) is 0.167. The third-order valence-electron chi connectivity index (χ3n) is 15.5. The number of aromatic nitrogens is 6. The van der Waals surface area contributed by atoms with Crippen LogP contribution in [0.4, 0.5) is 0 Å². The van der Waals surface area contributed by atoms with Crippen molar-refractivity contribution in [2.24, 2.45) is 0 Å². The summed E-state index contributed by atoms with van der Waals surface area (Å²) in [4.78, 5) is 67.4. The van der Waals surface area contributed by atoms with Gasteiger partial charge in [-0.05, 0) is 154 Å². The Labute approximate surface area is 567 Å². The summed E-state index contributed by atoms with van der Waals surface area (Å²) in [6.45, 7) is 16.7. The van der Waals surface area contributed by atoms with Gasteiger partial charge in [0.25, 0.3) is 16.7 Å². The molecule has 18 nitrogen and oxygen atoms in total. The molecular weight excluding hydrogens is 1240 g/mol. The van der Waals surface area contributed by atoms with E-state index in [-0.39, 0.29) is 51.0 Å². The van der Waals surface area contributed by atoms with Gasteiger partial charge >= 0.3 is 0 Å². The Kier molecular flexibility index (Phi) is 26.3. The van der Waals surface area contributed by atoms with Crippen molar-refractivity contribution in [3.05, 3.63) is 284 Å². The Bertz CT molecular complexity index is 4830. The number of rotatable bonds is 18. The Balaban J connectivity index is 0.000000169. The highest BCUT2D eigenvalue weighted by Crippen LogP contribution is 2.33. The second-order valence-corrected chi connectivity index (χ2v) is 22.0. The molecule has 0 saturated heterocycles. The number of ether oxygens (including phenoxy) is 1. The third kappa shape index (κ3) is 18.5. The van der Waals surface area contributed by atoms with Crippen molar-refractivity contribution in [3.8, 4) is 51.6 Å². The van der Waals surface area contributed by atoms with Crippen LogP contribution in [0.25, 0.3) is 74.1 Å². The highest BCUT2D eigenvalue weighted by atomic mass is 35.5. The largest absolute Gasteiger partial charge is 0.504 e. The van der Waals surface area contributed by atoms with Crippen LogP contribution in [-0.4, -0.2) is 122 Å². The summed E-state index contributed by atoms with van der Waals surface area (Å²) in [7, 11) is 0. The molecule has 3 heterocycles.